The predicted molar refractivity (Wildman–Crippen MR) is 76.3 cm³/mol. The van der Waals surface area contributed by atoms with Crippen molar-refractivity contribution >= 4 is 11.8 Å². The molecule has 0 saturated carbocycles. The van der Waals surface area contributed by atoms with Crippen LogP contribution in [-0.4, -0.2) is 42.0 Å². The van der Waals surface area contributed by atoms with Crippen LogP contribution in [0.2, 0.25) is 0 Å². The monoisotopic (exact) mass is 269 g/mol. The van der Waals surface area contributed by atoms with Crippen molar-refractivity contribution in [2.75, 3.05) is 26.0 Å². The molecule has 0 aliphatic carbocycles. The van der Waals surface area contributed by atoms with Gasteiger partial charge in [0.15, 0.2) is 5.16 Å². The van der Waals surface area contributed by atoms with E-state index in [0.717, 1.165) is 35.4 Å². The Hall–Kier alpha value is -0.650. The Labute approximate surface area is 114 Å². The molecule has 0 amide bonds. The fraction of sp³-hybridized carbons (Fsp3) is 0.692. The number of nitrogens with zero attached hydrogens (tertiary/aromatic N) is 2. The van der Waals surface area contributed by atoms with E-state index in [1.54, 1.807) is 18.9 Å². The van der Waals surface area contributed by atoms with Crippen LogP contribution in [0.4, 0.5) is 0 Å². The lowest BCUT2D eigenvalue weighted by atomic mass is 10.2. The summed E-state index contributed by atoms with van der Waals surface area (Å²) in [6.07, 6.45) is 0. The lowest BCUT2D eigenvalue weighted by molar-refractivity contribution is 0.173. The van der Waals surface area contributed by atoms with Gasteiger partial charge in [-0.25, -0.2) is 9.97 Å². The van der Waals surface area contributed by atoms with Gasteiger partial charge < -0.3 is 10.1 Å². The van der Waals surface area contributed by atoms with Crippen molar-refractivity contribution in [2.45, 2.75) is 38.9 Å². The van der Waals surface area contributed by atoms with Crippen molar-refractivity contribution in [3.05, 3.63) is 17.0 Å². The second-order valence-corrected chi connectivity index (χ2v) is 5.52. The minimum absolute atomic E-state index is 0.387. The van der Waals surface area contributed by atoms with Gasteiger partial charge in [0, 0.05) is 36.8 Å². The van der Waals surface area contributed by atoms with Gasteiger partial charge in [-0.3, -0.25) is 0 Å². The molecule has 1 rings (SSSR count). The van der Waals surface area contributed by atoms with Crippen molar-refractivity contribution in [1.82, 2.24) is 15.3 Å². The molecule has 0 aliphatic rings. The summed E-state index contributed by atoms with van der Waals surface area (Å²) in [6.45, 7) is 9.92. The quantitative estimate of drug-likeness (QED) is 0.467. The van der Waals surface area contributed by atoms with Gasteiger partial charge in [0.2, 0.25) is 0 Å². The van der Waals surface area contributed by atoms with E-state index in [1.165, 1.54) is 5.56 Å². The van der Waals surface area contributed by atoms with Gasteiger partial charge >= 0.3 is 0 Å². The Morgan fingerprint density at radius 2 is 1.83 bits per heavy atom. The van der Waals surface area contributed by atoms with Crippen molar-refractivity contribution < 1.29 is 4.74 Å². The van der Waals surface area contributed by atoms with E-state index in [9.17, 15) is 0 Å². The Morgan fingerprint density at radius 1 is 1.22 bits per heavy atom. The zero-order valence-corrected chi connectivity index (χ0v) is 12.7. The maximum Gasteiger partial charge on any atom is 0.188 e. The highest BCUT2D eigenvalue weighted by Crippen LogP contribution is 2.16. The third-order valence-corrected chi connectivity index (χ3v) is 3.70. The molecule has 1 unspecified atom stereocenters. The largest absolute Gasteiger partial charge is 0.383 e. The number of thioether (sulfide) groups is 1. The molecule has 0 spiro atoms. The first-order valence-electron chi connectivity index (χ1n) is 6.21. The smallest absolute Gasteiger partial charge is 0.188 e. The van der Waals surface area contributed by atoms with E-state index >= 15 is 0 Å². The second kappa shape index (κ2) is 7.71. The number of hydrogen-bond donors (Lipinski definition) is 1. The molecule has 18 heavy (non-hydrogen) atoms. The summed E-state index contributed by atoms with van der Waals surface area (Å²) in [5, 5.41) is 4.27. The first-order chi connectivity index (χ1) is 8.54. The summed E-state index contributed by atoms with van der Waals surface area (Å²) < 4.78 is 5.07. The van der Waals surface area contributed by atoms with Gasteiger partial charge in [-0.2, -0.15) is 0 Å². The zero-order chi connectivity index (χ0) is 13.5. The molecular formula is C13H23N3OS. The summed E-state index contributed by atoms with van der Waals surface area (Å²) in [7, 11) is 1.72. The van der Waals surface area contributed by atoms with Crippen LogP contribution in [0.5, 0.6) is 0 Å². The van der Waals surface area contributed by atoms with Crippen molar-refractivity contribution in [3.8, 4) is 0 Å². The average Bonchev–Trinajstić information content (AvgIpc) is 2.32. The first-order valence-corrected chi connectivity index (χ1v) is 7.20. The van der Waals surface area contributed by atoms with Crippen LogP contribution in [0.1, 0.15) is 23.9 Å². The van der Waals surface area contributed by atoms with Crippen LogP contribution < -0.4 is 5.32 Å². The molecule has 0 aliphatic heterocycles. The molecule has 1 aromatic heterocycles. The van der Waals surface area contributed by atoms with E-state index in [1.807, 2.05) is 13.8 Å². The highest BCUT2D eigenvalue weighted by atomic mass is 32.2. The Kier molecular flexibility index (Phi) is 6.60. The summed E-state index contributed by atoms with van der Waals surface area (Å²) in [6, 6.07) is 0.387. The normalized spacial score (nSPS) is 12.7. The zero-order valence-electron chi connectivity index (χ0n) is 11.9. The summed E-state index contributed by atoms with van der Waals surface area (Å²) >= 11 is 1.69. The van der Waals surface area contributed by atoms with Crippen LogP contribution in [0.3, 0.4) is 0 Å². The lowest BCUT2D eigenvalue weighted by Gasteiger charge is -2.12. The van der Waals surface area contributed by atoms with E-state index in [-0.39, 0.29) is 0 Å². The third-order valence-electron chi connectivity index (χ3n) is 2.85. The number of ether oxygens (including phenoxy) is 1. The third kappa shape index (κ3) is 4.92. The van der Waals surface area contributed by atoms with Crippen LogP contribution in [-0.2, 0) is 4.74 Å². The van der Waals surface area contributed by atoms with Crippen molar-refractivity contribution in [2.24, 2.45) is 0 Å². The number of aryl methyl sites for hydroxylation is 2. The van der Waals surface area contributed by atoms with Crippen molar-refractivity contribution in [3.63, 3.8) is 0 Å². The number of hydrogen-bond acceptors (Lipinski definition) is 5. The van der Waals surface area contributed by atoms with Gasteiger partial charge in [-0.05, 0) is 33.3 Å². The Morgan fingerprint density at radius 3 is 2.39 bits per heavy atom. The standard InChI is InChI=1S/C13H23N3OS/c1-9(8-17-5)14-6-7-18-13-15-11(3)10(2)12(4)16-13/h9,14H,6-8H2,1-5H3. The molecule has 0 bridgehead atoms. The van der Waals surface area contributed by atoms with Gasteiger partial charge in [0.05, 0.1) is 6.61 Å². The molecule has 0 saturated heterocycles. The molecule has 0 aromatic carbocycles. The SMILES string of the molecule is COCC(C)NCCSc1nc(C)c(C)c(C)n1. The molecular weight excluding hydrogens is 246 g/mol. The molecule has 0 fully saturated rings. The van der Waals surface area contributed by atoms with Crippen LogP contribution >= 0.6 is 11.8 Å². The molecule has 1 atom stereocenters. The first kappa shape index (κ1) is 15.4. The Balaban J connectivity index is 2.36. The number of rotatable bonds is 7. The second-order valence-electron chi connectivity index (χ2n) is 4.46. The van der Waals surface area contributed by atoms with Crippen LogP contribution in [0, 0.1) is 20.8 Å². The van der Waals surface area contributed by atoms with Gasteiger partial charge in [0.1, 0.15) is 0 Å². The predicted octanol–water partition coefficient (Wildman–Crippen LogP) is 2.12. The lowest BCUT2D eigenvalue weighted by Crippen LogP contribution is -2.31. The number of methoxy groups -OCH3 is 1. The maximum absolute atomic E-state index is 5.07. The van der Waals surface area contributed by atoms with Gasteiger partial charge in [-0.15, -0.1) is 0 Å². The van der Waals surface area contributed by atoms with Crippen molar-refractivity contribution in [1.29, 1.82) is 0 Å². The Bertz CT molecular complexity index is 361. The fourth-order valence-electron chi connectivity index (χ4n) is 1.56. The van der Waals surface area contributed by atoms with Crippen LogP contribution in [0.15, 0.2) is 5.16 Å². The van der Waals surface area contributed by atoms with Gasteiger partial charge in [-0.1, -0.05) is 11.8 Å². The van der Waals surface area contributed by atoms with E-state index in [2.05, 4.69) is 29.1 Å². The number of nitrogens with one attached hydrogen (secondary N) is 1. The average molecular weight is 269 g/mol. The highest BCUT2D eigenvalue weighted by Gasteiger charge is 2.05. The molecule has 4 nitrogen and oxygen atoms in total. The maximum atomic E-state index is 5.07. The molecule has 1 N–H and O–H groups in total. The van der Waals surface area contributed by atoms with Gasteiger partial charge in [0.25, 0.3) is 0 Å². The summed E-state index contributed by atoms with van der Waals surface area (Å²) in [4.78, 5) is 8.97. The highest BCUT2D eigenvalue weighted by molar-refractivity contribution is 7.99. The minimum Gasteiger partial charge on any atom is -0.383 e. The molecule has 0 radical (unpaired) electrons. The molecule has 5 heteroatoms. The van der Waals surface area contributed by atoms with E-state index in [4.69, 9.17) is 4.74 Å². The van der Waals surface area contributed by atoms with Crippen LogP contribution in [0.25, 0.3) is 0 Å². The molecule has 102 valence electrons. The number of aromatic nitrogens is 2. The summed E-state index contributed by atoms with van der Waals surface area (Å²) in [5.74, 6) is 0.968. The molecule has 1 heterocycles. The topological polar surface area (TPSA) is 47.0 Å². The van der Waals surface area contributed by atoms with E-state index < -0.39 is 0 Å². The fourth-order valence-corrected chi connectivity index (χ4v) is 2.37. The van der Waals surface area contributed by atoms with E-state index in [0.29, 0.717) is 6.04 Å². The minimum atomic E-state index is 0.387. The summed E-state index contributed by atoms with van der Waals surface area (Å²) in [5.41, 5.74) is 3.34. The molecule has 1 aromatic rings.